The molecule has 23 heavy (non-hydrogen) atoms. The standard InChI is InChI=1S/C15H17N3O4S/c1-7-5-6-10(13(16-7)22-4)12(19)17-9(3)14-18-8(2)11(23-14)15(20)21/h5-6,9H,1-4H3,(H,17,19)(H,20,21). The number of amides is 1. The van der Waals surface area contributed by atoms with Crippen molar-refractivity contribution in [2.45, 2.75) is 26.8 Å². The molecule has 122 valence electrons. The molecule has 0 bridgehead atoms. The maximum Gasteiger partial charge on any atom is 0.347 e. The molecule has 1 unspecified atom stereocenters. The van der Waals surface area contributed by atoms with Crippen molar-refractivity contribution >= 4 is 23.2 Å². The summed E-state index contributed by atoms with van der Waals surface area (Å²) in [5.74, 6) is -1.13. The second-order valence-electron chi connectivity index (χ2n) is 4.98. The van der Waals surface area contributed by atoms with E-state index in [1.807, 2.05) is 0 Å². The zero-order chi connectivity index (χ0) is 17.1. The number of nitrogens with one attached hydrogen (secondary N) is 1. The van der Waals surface area contributed by atoms with Gasteiger partial charge in [0.25, 0.3) is 5.91 Å². The highest BCUT2D eigenvalue weighted by Crippen LogP contribution is 2.24. The predicted molar refractivity (Wildman–Crippen MR) is 85.2 cm³/mol. The Balaban J connectivity index is 2.20. The van der Waals surface area contributed by atoms with E-state index in [0.29, 0.717) is 16.3 Å². The van der Waals surface area contributed by atoms with Crippen LogP contribution in [0.1, 0.15) is 49.4 Å². The van der Waals surface area contributed by atoms with Gasteiger partial charge in [0.05, 0.1) is 18.8 Å². The Labute approximate surface area is 137 Å². The first-order chi connectivity index (χ1) is 10.8. The Kier molecular flexibility index (Phi) is 4.95. The van der Waals surface area contributed by atoms with E-state index in [0.717, 1.165) is 17.0 Å². The quantitative estimate of drug-likeness (QED) is 0.870. The summed E-state index contributed by atoms with van der Waals surface area (Å²) in [6, 6.07) is 2.93. The molecule has 0 radical (unpaired) electrons. The fourth-order valence-corrected chi connectivity index (χ4v) is 2.91. The molecule has 0 aliphatic carbocycles. The number of rotatable bonds is 5. The van der Waals surface area contributed by atoms with Crippen LogP contribution in [0.5, 0.6) is 5.88 Å². The van der Waals surface area contributed by atoms with Crippen LogP contribution in [0.25, 0.3) is 0 Å². The lowest BCUT2D eigenvalue weighted by Crippen LogP contribution is -2.27. The minimum Gasteiger partial charge on any atom is -0.480 e. The minimum atomic E-state index is -1.02. The topological polar surface area (TPSA) is 101 Å². The van der Waals surface area contributed by atoms with Gasteiger partial charge in [0.15, 0.2) is 0 Å². The number of carbonyl (C=O) groups is 2. The summed E-state index contributed by atoms with van der Waals surface area (Å²) >= 11 is 1.05. The van der Waals surface area contributed by atoms with Crippen LogP contribution >= 0.6 is 11.3 Å². The number of aromatic carboxylic acids is 1. The van der Waals surface area contributed by atoms with Gasteiger partial charge in [-0.1, -0.05) is 0 Å². The number of carboxylic acid groups (broad SMARTS) is 1. The number of ether oxygens (including phenoxy) is 1. The third-order valence-corrected chi connectivity index (χ3v) is 4.49. The molecule has 0 aliphatic rings. The zero-order valence-electron chi connectivity index (χ0n) is 13.2. The van der Waals surface area contributed by atoms with Gasteiger partial charge < -0.3 is 15.2 Å². The van der Waals surface area contributed by atoms with Gasteiger partial charge in [-0.15, -0.1) is 11.3 Å². The zero-order valence-corrected chi connectivity index (χ0v) is 14.0. The van der Waals surface area contributed by atoms with Crippen LogP contribution in [0.15, 0.2) is 12.1 Å². The van der Waals surface area contributed by atoms with Gasteiger partial charge in [-0.2, -0.15) is 0 Å². The van der Waals surface area contributed by atoms with Crippen LogP contribution in [0.3, 0.4) is 0 Å². The van der Waals surface area contributed by atoms with Crippen LogP contribution in [-0.4, -0.2) is 34.1 Å². The van der Waals surface area contributed by atoms with Gasteiger partial charge in [0, 0.05) is 5.69 Å². The van der Waals surface area contributed by atoms with Crippen molar-refractivity contribution in [1.82, 2.24) is 15.3 Å². The van der Waals surface area contributed by atoms with Crippen molar-refractivity contribution in [2.75, 3.05) is 7.11 Å². The first kappa shape index (κ1) is 16.9. The maximum atomic E-state index is 12.4. The van der Waals surface area contributed by atoms with Gasteiger partial charge in [0.2, 0.25) is 5.88 Å². The summed E-state index contributed by atoms with van der Waals surface area (Å²) in [5, 5.41) is 12.4. The lowest BCUT2D eigenvalue weighted by Gasteiger charge is -2.13. The van der Waals surface area contributed by atoms with E-state index in [2.05, 4.69) is 15.3 Å². The van der Waals surface area contributed by atoms with Crippen molar-refractivity contribution in [3.63, 3.8) is 0 Å². The fraction of sp³-hybridized carbons (Fsp3) is 0.333. The number of aryl methyl sites for hydroxylation is 2. The third-order valence-electron chi connectivity index (χ3n) is 3.16. The van der Waals surface area contributed by atoms with E-state index in [9.17, 15) is 9.59 Å². The first-order valence-electron chi connectivity index (χ1n) is 6.86. The molecule has 0 saturated heterocycles. The Morgan fingerprint density at radius 3 is 2.57 bits per heavy atom. The summed E-state index contributed by atoms with van der Waals surface area (Å²) in [5.41, 5.74) is 1.50. The second-order valence-corrected chi connectivity index (χ2v) is 6.01. The average molecular weight is 335 g/mol. The number of carbonyl (C=O) groups excluding carboxylic acids is 1. The molecular weight excluding hydrogens is 318 g/mol. The minimum absolute atomic E-state index is 0.177. The Hall–Kier alpha value is -2.48. The molecule has 7 nitrogen and oxygen atoms in total. The normalized spacial score (nSPS) is 11.8. The number of pyridine rings is 1. The predicted octanol–water partition coefficient (Wildman–Crippen LogP) is 2.35. The van der Waals surface area contributed by atoms with E-state index >= 15 is 0 Å². The number of thiazole rings is 1. The monoisotopic (exact) mass is 335 g/mol. The van der Waals surface area contributed by atoms with Crippen molar-refractivity contribution < 1.29 is 19.4 Å². The first-order valence-corrected chi connectivity index (χ1v) is 7.68. The summed E-state index contributed by atoms with van der Waals surface area (Å²) < 4.78 is 5.13. The maximum absolute atomic E-state index is 12.4. The van der Waals surface area contributed by atoms with E-state index in [-0.39, 0.29) is 16.7 Å². The van der Waals surface area contributed by atoms with Gasteiger partial charge >= 0.3 is 5.97 Å². The van der Waals surface area contributed by atoms with E-state index in [1.165, 1.54) is 7.11 Å². The summed E-state index contributed by atoms with van der Waals surface area (Å²) in [6.45, 7) is 5.18. The number of methoxy groups -OCH3 is 1. The fourth-order valence-electron chi connectivity index (χ4n) is 2.00. The Morgan fingerprint density at radius 1 is 1.30 bits per heavy atom. The van der Waals surface area contributed by atoms with Crippen LogP contribution in [0.4, 0.5) is 0 Å². The summed E-state index contributed by atoms with van der Waals surface area (Å²) in [7, 11) is 1.45. The van der Waals surface area contributed by atoms with Crippen LogP contribution in [0.2, 0.25) is 0 Å². The Morgan fingerprint density at radius 2 is 2.00 bits per heavy atom. The molecule has 1 amide bonds. The van der Waals surface area contributed by atoms with Gasteiger partial charge in [-0.25, -0.2) is 14.8 Å². The Bertz CT molecular complexity index is 757. The molecule has 0 saturated carbocycles. The summed E-state index contributed by atoms with van der Waals surface area (Å²) in [4.78, 5) is 32.0. The van der Waals surface area contributed by atoms with Gasteiger partial charge in [-0.05, 0) is 32.9 Å². The van der Waals surface area contributed by atoms with Crippen molar-refractivity contribution in [3.05, 3.63) is 39.0 Å². The highest BCUT2D eigenvalue weighted by atomic mass is 32.1. The van der Waals surface area contributed by atoms with Gasteiger partial charge in [-0.3, -0.25) is 4.79 Å². The molecule has 2 aromatic rings. The van der Waals surface area contributed by atoms with Gasteiger partial charge in [0.1, 0.15) is 15.4 Å². The molecule has 2 aromatic heterocycles. The van der Waals surface area contributed by atoms with Crippen LogP contribution in [0, 0.1) is 13.8 Å². The molecule has 1 atom stereocenters. The molecule has 0 fully saturated rings. The molecule has 8 heteroatoms. The van der Waals surface area contributed by atoms with Crippen LogP contribution < -0.4 is 10.1 Å². The number of hydrogen-bond acceptors (Lipinski definition) is 6. The molecule has 0 aliphatic heterocycles. The van der Waals surface area contributed by atoms with E-state index in [1.54, 1.807) is 32.9 Å². The number of hydrogen-bond donors (Lipinski definition) is 2. The van der Waals surface area contributed by atoms with Crippen molar-refractivity contribution in [2.24, 2.45) is 0 Å². The third kappa shape index (κ3) is 3.65. The largest absolute Gasteiger partial charge is 0.480 e. The van der Waals surface area contributed by atoms with E-state index in [4.69, 9.17) is 9.84 Å². The smallest absolute Gasteiger partial charge is 0.347 e. The van der Waals surface area contributed by atoms with Crippen LogP contribution in [-0.2, 0) is 0 Å². The average Bonchev–Trinajstić information content (AvgIpc) is 2.89. The number of nitrogens with zero attached hydrogens (tertiary/aromatic N) is 2. The molecule has 0 aromatic carbocycles. The highest BCUT2D eigenvalue weighted by molar-refractivity contribution is 7.13. The number of aromatic nitrogens is 2. The van der Waals surface area contributed by atoms with E-state index < -0.39 is 12.0 Å². The highest BCUT2D eigenvalue weighted by Gasteiger charge is 2.21. The van der Waals surface area contributed by atoms with Crippen molar-refractivity contribution in [1.29, 1.82) is 0 Å². The summed E-state index contributed by atoms with van der Waals surface area (Å²) in [6.07, 6.45) is 0. The SMILES string of the molecule is COc1nc(C)ccc1C(=O)NC(C)c1nc(C)c(C(=O)O)s1. The second kappa shape index (κ2) is 6.74. The molecule has 0 spiro atoms. The molecular formula is C15H17N3O4S. The lowest BCUT2D eigenvalue weighted by atomic mass is 10.2. The van der Waals surface area contributed by atoms with Crippen molar-refractivity contribution in [3.8, 4) is 5.88 Å². The molecule has 2 N–H and O–H groups in total. The number of carboxylic acids is 1. The molecule has 2 heterocycles. The lowest BCUT2D eigenvalue weighted by molar-refractivity contribution is 0.0700. The molecule has 2 rings (SSSR count).